The summed E-state index contributed by atoms with van der Waals surface area (Å²) in [4.78, 5) is 6.51. The molecule has 3 rings (SSSR count). The van der Waals surface area contributed by atoms with Gasteiger partial charge >= 0.3 is 0 Å². The van der Waals surface area contributed by atoms with Gasteiger partial charge in [0.25, 0.3) is 0 Å². The number of aliphatic hydroxyl groups is 1. The molecule has 0 spiro atoms. The smallest absolute Gasteiger partial charge is 0.203 e. The molecule has 1 N–H and O–H groups in total. The Morgan fingerprint density at radius 2 is 2.44 bits per heavy atom. The van der Waals surface area contributed by atoms with Gasteiger partial charge in [-0.15, -0.1) is 10.2 Å². The summed E-state index contributed by atoms with van der Waals surface area (Å²) in [6.45, 7) is 2.01. The molecule has 6 nitrogen and oxygen atoms in total. The fraction of sp³-hybridized carbons (Fsp3) is 0.500. The van der Waals surface area contributed by atoms with Crippen molar-refractivity contribution in [1.82, 2.24) is 19.6 Å². The van der Waals surface area contributed by atoms with E-state index in [4.69, 9.17) is 5.11 Å². The fourth-order valence-corrected chi connectivity index (χ4v) is 2.14. The topological polar surface area (TPSA) is 66.5 Å². The van der Waals surface area contributed by atoms with E-state index in [1.54, 1.807) is 12.5 Å². The van der Waals surface area contributed by atoms with E-state index < -0.39 is 0 Å². The van der Waals surface area contributed by atoms with E-state index in [2.05, 4.69) is 20.1 Å². The lowest BCUT2D eigenvalue weighted by molar-refractivity contribution is 0.238. The third-order valence-electron chi connectivity index (χ3n) is 3.04. The van der Waals surface area contributed by atoms with Gasteiger partial charge in [-0.1, -0.05) is 0 Å². The minimum absolute atomic E-state index is 0.242. The van der Waals surface area contributed by atoms with Crippen molar-refractivity contribution in [3.63, 3.8) is 0 Å². The Balaban J connectivity index is 1.97. The van der Waals surface area contributed by atoms with E-state index in [-0.39, 0.29) is 6.61 Å². The van der Waals surface area contributed by atoms with Gasteiger partial charge in [-0.3, -0.25) is 4.40 Å². The lowest BCUT2D eigenvalue weighted by Gasteiger charge is -2.16. The van der Waals surface area contributed by atoms with Gasteiger partial charge in [0.1, 0.15) is 6.33 Å². The summed E-state index contributed by atoms with van der Waals surface area (Å²) in [6.07, 6.45) is 6.25. The molecular formula is C10H13N5O. The zero-order valence-corrected chi connectivity index (χ0v) is 8.82. The van der Waals surface area contributed by atoms with E-state index in [1.165, 1.54) is 0 Å². The molecule has 84 valence electrons. The molecule has 16 heavy (non-hydrogen) atoms. The normalized spacial score (nSPS) is 20.8. The largest absolute Gasteiger partial charge is 0.396 e. The van der Waals surface area contributed by atoms with Gasteiger partial charge in [0, 0.05) is 38.0 Å². The van der Waals surface area contributed by atoms with E-state index in [9.17, 15) is 0 Å². The van der Waals surface area contributed by atoms with Crippen molar-refractivity contribution >= 4 is 11.5 Å². The van der Waals surface area contributed by atoms with Gasteiger partial charge in [0.15, 0.2) is 5.82 Å². The van der Waals surface area contributed by atoms with Crippen LogP contribution in [0.25, 0.3) is 5.65 Å². The maximum Gasteiger partial charge on any atom is 0.203 e. The second kappa shape index (κ2) is 3.71. The average Bonchev–Trinajstić information content (AvgIpc) is 2.97. The fourth-order valence-electron chi connectivity index (χ4n) is 2.14. The van der Waals surface area contributed by atoms with Crippen LogP contribution in [-0.2, 0) is 0 Å². The molecule has 6 heteroatoms. The Kier molecular flexibility index (Phi) is 2.21. The molecule has 1 atom stereocenters. The molecule has 0 saturated carbocycles. The molecule has 1 saturated heterocycles. The second-order valence-electron chi connectivity index (χ2n) is 4.10. The minimum Gasteiger partial charge on any atom is -0.396 e. The van der Waals surface area contributed by atoms with E-state index in [0.29, 0.717) is 5.92 Å². The first-order valence-electron chi connectivity index (χ1n) is 5.38. The van der Waals surface area contributed by atoms with Crippen molar-refractivity contribution < 1.29 is 5.11 Å². The van der Waals surface area contributed by atoms with Gasteiger partial charge in [0.2, 0.25) is 5.65 Å². The van der Waals surface area contributed by atoms with Crippen molar-refractivity contribution in [3.8, 4) is 0 Å². The molecule has 1 aliphatic rings. The van der Waals surface area contributed by atoms with Crippen LogP contribution in [0.3, 0.4) is 0 Å². The van der Waals surface area contributed by atoms with Crippen LogP contribution < -0.4 is 4.90 Å². The van der Waals surface area contributed by atoms with Crippen LogP contribution in [0.5, 0.6) is 0 Å². The maximum atomic E-state index is 9.12. The Morgan fingerprint density at radius 1 is 1.50 bits per heavy atom. The van der Waals surface area contributed by atoms with Crippen molar-refractivity contribution in [2.45, 2.75) is 6.42 Å². The van der Waals surface area contributed by atoms with E-state index >= 15 is 0 Å². The van der Waals surface area contributed by atoms with E-state index in [0.717, 1.165) is 31.0 Å². The highest BCUT2D eigenvalue weighted by molar-refractivity contribution is 5.63. The number of hydrogen-bond donors (Lipinski definition) is 1. The predicted molar refractivity (Wildman–Crippen MR) is 58.2 cm³/mol. The molecule has 1 fully saturated rings. The van der Waals surface area contributed by atoms with Crippen LogP contribution in [0.15, 0.2) is 18.7 Å². The van der Waals surface area contributed by atoms with Crippen molar-refractivity contribution in [2.75, 3.05) is 24.6 Å². The first-order chi connectivity index (χ1) is 7.88. The number of rotatable bonds is 2. The zero-order chi connectivity index (χ0) is 11.0. The van der Waals surface area contributed by atoms with Gasteiger partial charge in [0.05, 0.1) is 0 Å². The summed E-state index contributed by atoms with van der Waals surface area (Å²) >= 11 is 0. The molecule has 0 radical (unpaired) electrons. The SMILES string of the molecule is OCC1CCN(c2nccn3cnnc23)C1. The van der Waals surface area contributed by atoms with E-state index in [1.807, 2.05) is 10.6 Å². The minimum atomic E-state index is 0.242. The molecule has 0 bridgehead atoms. The number of fused-ring (bicyclic) bond motifs is 1. The summed E-state index contributed by atoms with van der Waals surface area (Å²) in [6, 6.07) is 0. The predicted octanol–water partition coefficient (Wildman–Crippen LogP) is -0.0571. The molecule has 1 aliphatic heterocycles. The molecule has 0 aromatic carbocycles. The Hall–Kier alpha value is -1.69. The highest BCUT2D eigenvalue weighted by atomic mass is 16.3. The molecule has 3 heterocycles. The van der Waals surface area contributed by atoms with Crippen molar-refractivity contribution in [1.29, 1.82) is 0 Å². The Labute approximate surface area is 92.5 Å². The first kappa shape index (κ1) is 9.53. The third kappa shape index (κ3) is 1.42. The summed E-state index contributed by atoms with van der Waals surface area (Å²) in [5, 5.41) is 17.1. The van der Waals surface area contributed by atoms with Crippen molar-refractivity contribution in [3.05, 3.63) is 18.7 Å². The summed E-state index contributed by atoms with van der Waals surface area (Å²) in [5.74, 6) is 1.21. The molecule has 0 aliphatic carbocycles. The number of nitrogens with zero attached hydrogens (tertiary/aromatic N) is 5. The highest BCUT2D eigenvalue weighted by Crippen LogP contribution is 2.23. The average molecular weight is 219 g/mol. The number of aromatic nitrogens is 4. The lowest BCUT2D eigenvalue weighted by atomic mass is 10.1. The standard InChI is InChI=1S/C10H13N5O/c16-6-8-1-3-14(5-8)9-10-13-12-7-15(10)4-2-11-9/h2,4,7-8,16H,1,3,5-6H2. The summed E-state index contributed by atoms with van der Waals surface area (Å²) in [7, 11) is 0. The number of hydrogen-bond acceptors (Lipinski definition) is 5. The van der Waals surface area contributed by atoms with Gasteiger partial charge in [-0.2, -0.15) is 0 Å². The quantitative estimate of drug-likeness (QED) is 0.766. The first-order valence-corrected chi connectivity index (χ1v) is 5.38. The monoisotopic (exact) mass is 219 g/mol. The Morgan fingerprint density at radius 3 is 3.25 bits per heavy atom. The summed E-state index contributed by atoms with van der Waals surface area (Å²) in [5.41, 5.74) is 0.779. The lowest BCUT2D eigenvalue weighted by Crippen LogP contribution is -2.22. The second-order valence-corrected chi connectivity index (χ2v) is 4.10. The molecule has 0 amide bonds. The molecule has 2 aromatic rings. The number of anilines is 1. The van der Waals surface area contributed by atoms with Gasteiger partial charge in [-0.25, -0.2) is 4.98 Å². The molecule has 1 unspecified atom stereocenters. The van der Waals surface area contributed by atoms with Crippen LogP contribution in [0.1, 0.15) is 6.42 Å². The highest BCUT2D eigenvalue weighted by Gasteiger charge is 2.24. The van der Waals surface area contributed by atoms with Crippen molar-refractivity contribution in [2.24, 2.45) is 5.92 Å². The van der Waals surface area contributed by atoms with Crippen LogP contribution >= 0.6 is 0 Å². The van der Waals surface area contributed by atoms with Crippen LogP contribution in [-0.4, -0.2) is 44.4 Å². The number of aliphatic hydroxyl groups excluding tert-OH is 1. The summed E-state index contributed by atoms with van der Waals surface area (Å²) < 4.78 is 1.86. The van der Waals surface area contributed by atoms with Gasteiger partial charge in [-0.05, 0) is 6.42 Å². The zero-order valence-electron chi connectivity index (χ0n) is 8.82. The van der Waals surface area contributed by atoms with Crippen LogP contribution in [0, 0.1) is 5.92 Å². The molecular weight excluding hydrogens is 206 g/mol. The van der Waals surface area contributed by atoms with Crippen LogP contribution in [0.4, 0.5) is 5.82 Å². The van der Waals surface area contributed by atoms with Gasteiger partial charge < -0.3 is 10.0 Å². The third-order valence-corrected chi connectivity index (χ3v) is 3.04. The molecule has 2 aromatic heterocycles. The Bertz CT molecular complexity index is 497. The van der Waals surface area contributed by atoms with Crippen LogP contribution in [0.2, 0.25) is 0 Å². The maximum absolute atomic E-state index is 9.12.